The summed E-state index contributed by atoms with van der Waals surface area (Å²) in [5, 5.41) is 2.94. The Morgan fingerprint density at radius 1 is 0.980 bits per heavy atom. The summed E-state index contributed by atoms with van der Waals surface area (Å²) in [4.78, 5) is 77.2. The summed E-state index contributed by atoms with van der Waals surface area (Å²) in [6.07, 6.45) is 1.54. The number of alkyl halides is 2. The number of anilines is 1. The summed E-state index contributed by atoms with van der Waals surface area (Å²) < 4.78 is 40.4. The van der Waals surface area contributed by atoms with Crippen LogP contribution >= 0.6 is 18.9 Å². The smallest absolute Gasteiger partial charge is 0.350 e. The molecule has 0 bridgehead atoms. The number of hydrogen-bond donors (Lipinski definition) is 3. The second-order valence-corrected chi connectivity index (χ2v) is 15.6. The lowest BCUT2D eigenvalue weighted by atomic mass is 10.0. The van der Waals surface area contributed by atoms with E-state index in [1.54, 1.807) is 21.7 Å². The summed E-state index contributed by atoms with van der Waals surface area (Å²) in [5.74, 6) is -2.26. The molecule has 11 nitrogen and oxygen atoms in total. The Bertz CT molecular complexity index is 2020. The number of halogens is 2. The molecule has 3 atom stereocenters. The molecule has 3 aromatic carbocycles. The number of nitrogens with zero attached hydrogens (tertiary/aromatic N) is 3. The lowest BCUT2D eigenvalue weighted by Crippen LogP contribution is -2.56. The van der Waals surface area contributed by atoms with Gasteiger partial charge in [0.2, 0.25) is 17.7 Å². The highest BCUT2D eigenvalue weighted by Gasteiger charge is 2.50. The Morgan fingerprint density at radius 2 is 1.67 bits per heavy atom. The average molecular weight is 739 g/mol. The monoisotopic (exact) mass is 738 g/mol. The summed E-state index contributed by atoms with van der Waals surface area (Å²) in [5.41, 5.74) is -2.56. The van der Waals surface area contributed by atoms with E-state index in [-0.39, 0.29) is 47.1 Å². The number of carbonyl (C=O) groups is 4. The Hall–Kier alpha value is -4.49. The molecule has 6 rings (SSSR count). The molecule has 51 heavy (non-hydrogen) atoms. The van der Waals surface area contributed by atoms with E-state index in [4.69, 9.17) is 9.79 Å². The summed E-state index contributed by atoms with van der Waals surface area (Å²) in [6.45, 7) is 1.67. The second-order valence-electron chi connectivity index (χ2n) is 12.9. The van der Waals surface area contributed by atoms with Crippen LogP contribution in [0.5, 0.6) is 0 Å². The van der Waals surface area contributed by atoms with Crippen molar-refractivity contribution in [3.05, 3.63) is 89.3 Å². The maximum atomic E-state index is 14.3. The lowest BCUT2D eigenvalue weighted by molar-refractivity contribution is -0.146. The molecule has 4 aromatic rings. The van der Waals surface area contributed by atoms with Crippen LogP contribution in [0.3, 0.4) is 0 Å². The van der Waals surface area contributed by atoms with Crippen molar-refractivity contribution < 1.29 is 42.3 Å². The maximum Gasteiger partial charge on any atom is 0.399 e. The molecule has 2 fully saturated rings. The Kier molecular flexibility index (Phi) is 10.2. The van der Waals surface area contributed by atoms with Crippen LogP contribution in [0.1, 0.15) is 41.4 Å². The molecule has 0 saturated carbocycles. The molecule has 2 saturated heterocycles. The van der Waals surface area contributed by atoms with E-state index in [0.717, 1.165) is 34.6 Å². The van der Waals surface area contributed by atoms with E-state index >= 15 is 0 Å². The van der Waals surface area contributed by atoms with Gasteiger partial charge in [0.15, 0.2) is 0 Å². The van der Waals surface area contributed by atoms with Gasteiger partial charge in [-0.15, -0.1) is 11.3 Å². The Balaban J connectivity index is 1.19. The SMILES string of the molecule is CC(=O)N1CC[C@H]2CC[C@@H](C(=O)N(C)c3ccc(-c4ccccc4)cc3)N2C(=O)C(CNC(=O)c2cc3cc(C(F)(F)P(=O)(O)O)ccc3s2)C1. The van der Waals surface area contributed by atoms with Crippen molar-refractivity contribution in [1.29, 1.82) is 0 Å². The first-order valence-electron chi connectivity index (χ1n) is 16.4. The minimum absolute atomic E-state index is 0.0304. The number of likely N-dealkylation sites (N-methyl/N-ethyl adjacent to an activating group) is 1. The standard InChI is InChI=1S/C36H37F2N4O7PS/c1-22(43)41-17-16-29-13-14-30(35(46)40(2)28-11-8-24(9-12-28)23-6-4-3-5-7-23)42(29)34(45)26(21-41)20-39-33(44)32-19-25-18-27(10-15-31(25)51-32)36(37,38)50(47,48)49/h3-12,15,18-19,26,29-30H,13-14,16-17,20-21H2,1-2H3,(H,39,44)(H2,47,48,49)/t26?,29-,30+/m1/s1. The van der Waals surface area contributed by atoms with Crippen LogP contribution in [-0.2, 0) is 24.6 Å². The molecule has 15 heteroatoms. The van der Waals surface area contributed by atoms with Gasteiger partial charge in [0.25, 0.3) is 5.91 Å². The number of thiophene rings is 1. The number of nitrogens with one attached hydrogen (secondary N) is 1. The summed E-state index contributed by atoms with van der Waals surface area (Å²) in [7, 11) is -4.10. The van der Waals surface area contributed by atoms with Crippen molar-refractivity contribution in [2.45, 2.75) is 43.9 Å². The van der Waals surface area contributed by atoms with Crippen molar-refractivity contribution in [2.24, 2.45) is 5.92 Å². The predicted molar refractivity (Wildman–Crippen MR) is 189 cm³/mol. The van der Waals surface area contributed by atoms with Crippen molar-refractivity contribution in [3.8, 4) is 11.1 Å². The van der Waals surface area contributed by atoms with E-state index < -0.39 is 36.7 Å². The van der Waals surface area contributed by atoms with Crippen LogP contribution in [-0.4, -0.2) is 82.0 Å². The van der Waals surface area contributed by atoms with Crippen molar-refractivity contribution in [1.82, 2.24) is 15.1 Å². The van der Waals surface area contributed by atoms with E-state index in [1.165, 1.54) is 19.1 Å². The third kappa shape index (κ3) is 7.32. The largest absolute Gasteiger partial charge is 0.399 e. The lowest BCUT2D eigenvalue weighted by Gasteiger charge is -2.39. The number of hydrogen-bond acceptors (Lipinski definition) is 6. The fourth-order valence-corrected chi connectivity index (χ4v) is 8.24. The van der Waals surface area contributed by atoms with Crippen molar-refractivity contribution in [3.63, 3.8) is 0 Å². The Labute approximate surface area is 297 Å². The van der Waals surface area contributed by atoms with Crippen LogP contribution in [0.4, 0.5) is 14.5 Å². The minimum atomic E-state index is -5.78. The van der Waals surface area contributed by atoms with E-state index in [2.05, 4.69) is 5.32 Å². The zero-order valence-electron chi connectivity index (χ0n) is 27.9. The fraction of sp³-hybridized carbons (Fsp3) is 0.333. The molecule has 0 radical (unpaired) electrons. The van der Waals surface area contributed by atoms with Crippen LogP contribution < -0.4 is 10.2 Å². The van der Waals surface area contributed by atoms with Gasteiger partial charge in [-0.1, -0.05) is 48.5 Å². The van der Waals surface area contributed by atoms with Crippen LogP contribution in [0.15, 0.2) is 78.9 Å². The minimum Gasteiger partial charge on any atom is -0.350 e. The van der Waals surface area contributed by atoms with E-state index in [9.17, 15) is 32.5 Å². The quantitative estimate of drug-likeness (QED) is 0.205. The molecule has 0 spiro atoms. The number of fused-ring (bicyclic) bond motifs is 2. The predicted octanol–water partition coefficient (Wildman–Crippen LogP) is 5.42. The van der Waals surface area contributed by atoms with Crippen LogP contribution in [0.2, 0.25) is 0 Å². The van der Waals surface area contributed by atoms with Gasteiger partial charge in [-0.3, -0.25) is 23.7 Å². The first-order valence-corrected chi connectivity index (χ1v) is 18.8. The first-order chi connectivity index (χ1) is 24.2. The molecular weight excluding hydrogens is 701 g/mol. The van der Waals surface area contributed by atoms with Gasteiger partial charge in [0.1, 0.15) is 6.04 Å². The van der Waals surface area contributed by atoms with Gasteiger partial charge < -0.3 is 29.8 Å². The number of rotatable bonds is 8. The van der Waals surface area contributed by atoms with Gasteiger partial charge in [0, 0.05) is 55.6 Å². The molecular formula is C36H37F2N4O7PS. The third-order valence-electron chi connectivity index (χ3n) is 9.66. The molecule has 0 aliphatic carbocycles. The van der Waals surface area contributed by atoms with Crippen LogP contribution in [0, 0.1) is 5.92 Å². The van der Waals surface area contributed by atoms with Gasteiger partial charge in [-0.25, -0.2) is 0 Å². The second kappa shape index (κ2) is 14.3. The first kappa shape index (κ1) is 36.3. The van der Waals surface area contributed by atoms with Crippen molar-refractivity contribution in [2.75, 3.05) is 31.6 Å². The van der Waals surface area contributed by atoms with Crippen LogP contribution in [0.25, 0.3) is 21.2 Å². The Morgan fingerprint density at radius 3 is 2.33 bits per heavy atom. The van der Waals surface area contributed by atoms with Gasteiger partial charge in [0.05, 0.1) is 10.8 Å². The zero-order valence-corrected chi connectivity index (χ0v) is 29.6. The van der Waals surface area contributed by atoms with Gasteiger partial charge in [-0.05, 0) is 66.1 Å². The highest BCUT2D eigenvalue weighted by atomic mass is 32.1. The highest BCUT2D eigenvalue weighted by molar-refractivity contribution is 7.52. The topological polar surface area (TPSA) is 148 Å². The molecule has 3 N–H and O–H groups in total. The maximum absolute atomic E-state index is 14.3. The summed E-state index contributed by atoms with van der Waals surface area (Å²) in [6, 6.07) is 20.9. The molecule has 2 aliphatic heterocycles. The number of amides is 4. The third-order valence-corrected chi connectivity index (χ3v) is 11.8. The van der Waals surface area contributed by atoms with Crippen molar-refractivity contribution >= 4 is 58.3 Å². The molecule has 1 unspecified atom stereocenters. The zero-order chi connectivity index (χ0) is 36.7. The molecule has 268 valence electrons. The molecule has 3 heterocycles. The average Bonchev–Trinajstić information content (AvgIpc) is 3.73. The van der Waals surface area contributed by atoms with Gasteiger partial charge in [-0.2, -0.15) is 8.78 Å². The van der Waals surface area contributed by atoms with E-state index in [1.807, 2.05) is 54.6 Å². The molecule has 2 aliphatic rings. The summed E-state index contributed by atoms with van der Waals surface area (Å²) >= 11 is 0.992. The van der Waals surface area contributed by atoms with Gasteiger partial charge >= 0.3 is 13.3 Å². The van der Waals surface area contributed by atoms with E-state index in [0.29, 0.717) is 36.2 Å². The number of benzene rings is 3. The number of carbonyl (C=O) groups excluding carboxylic acids is 4. The highest BCUT2D eigenvalue weighted by Crippen LogP contribution is 2.59. The molecule has 1 aromatic heterocycles. The fourth-order valence-electron chi connectivity index (χ4n) is 6.80. The normalized spacial score (nSPS) is 19.7. The molecule has 4 amide bonds.